The highest BCUT2D eigenvalue weighted by Gasteiger charge is 2.10. The van der Waals surface area contributed by atoms with E-state index in [2.05, 4.69) is 23.3 Å². The Balaban J connectivity index is 1.79. The summed E-state index contributed by atoms with van der Waals surface area (Å²) in [4.78, 5) is 16.8. The topological polar surface area (TPSA) is 51.0 Å². The van der Waals surface area contributed by atoms with Crippen LogP contribution in [0.1, 0.15) is 29.8 Å². The predicted octanol–water partition coefficient (Wildman–Crippen LogP) is 2.48. The lowest BCUT2D eigenvalue weighted by atomic mass is 10.1. The molecule has 2 heterocycles. The third kappa shape index (κ3) is 3.60. The van der Waals surface area contributed by atoms with Crippen LogP contribution in [0.2, 0.25) is 5.02 Å². The van der Waals surface area contributed by atoms with Crippen molar-refractivity contribution in [3.63, 3.8) is 0 Å². The van der Waals surface area contributed by atoms with Crippen LogP contribution in [-0.4, -0.2) is 9.38 Å². The second kappa shape index (κ2) is 6.52. The lowest BCUT2D eigenvalue weighted by molar-refractivity contribution is -0.708. The Bertz CT molecular complexity index is 904. The average molecular weight is 329 g/mol. The molecule has 0 aliphatic rings. The summed E-state index contributed by atoms with van der Waals surface area (Å²) in [6.07, 6.45) is 1.81. The maximum absolute atomic E-state index is 12.2. The highest BCUT2D eigenvalue weighted by molar-refractivity contribution is 6.30. The standard InChI is InChI=1S/C18H18ClN3O/c1-12-6-7-17-21-16(9-18(23)22(17)11-12)10-20-13(2)14-4-3-5-15(19)8-14/h3-9,11,13,20H,10H2,1-2H3/p+1/t13-/m0/s1. The van der Waals surface area contributed by atoms with Gasteiger partial charge in [0.25, 0.3) is 5.56 Å². The van der Waals surface area contributed by atoms with Gasteiger partial charge in [-0.15, -0.1) is 0 Å². The summed E-state index contributed by atoms with van der Waals surface area (Å²) in [6, 6.07) is 13.5. The van der Waals surface area contributed by atoms with Gasteiger partial charge in [0.2, 0.25) is 0 Å². The Kier molecular flexibility index (Phi) is 4.46. The van der Waals surface area contributed by atoms with Crippen LogP contribution in [0.5, 0.6) is 0 Å². The van der Waals surface area contributed by atoms with Crippen molar-refractivity contribution in [2.45, 2.75) is 26.4 Å². The van der Waals surface area contributed by atoms with Gasteiger partial charge >= 0.3 is 0 Å². The number of benzene rings is 1. The minimum Gasteiger partial charge on any atom is -0.335 e. The number of fused-ring (bicyclic) bond motifs is 1. The molecule has 0 aliphatic heterocycles. The normalized spacial score (nSPS) is 12.5. The highest BCUT2D eigenvalue weighted by Crippen LogP contribution is 2.14. The first-order valence-electron chi connectivity index (χ1n) is 7.60. The molecular formula is C18H19ClN3O+. The van der Waals surface area contributed by atoms with Crippen LogP contribution in [0, 0.1) is 6.92 Å². The Morgan fingerprint density at radius 3 is 2.87 bits per heavy atom. The Morgan fingerprint density at radius 2 is 2.09 bits per heavy atom. The van der Waals surface area contributed by atoms with E-state index in [9.17, 15) is 4.79 Å². The minimum atomic E-state index is -0.0440. The summed E-state index contributed by atoms with van der Waals surface area (Å²) in [7, 11) is 0. The van der Waals surface area contributed by atoms with Crippen molar-refractivity contribution >= 4 is 17.2 Å². The van der Waals surface area contributed by atoms with E-state index < -0.39 is 0 Å². The molecule has 118 valence electrons. The summed E-state index contributed by atoms with van der Waals surface area (Å²) in [5.41, 5.74) is 3.62. The molecule has 1 atom stereocenters. The number of hydrogen-bond donors (Lipinski definition) is 1. The number of quaternary nitrogens is 1. The SMILES string of the molecule is Cc1ccc2nc(C[NH2+][C@@H](C)c3cccc(Cl)c3)cc(=O)n2c1. The van der Waals surface area contributed by atoms with E-state index in [1.54, 1.807) is 10.5 Å². The first-order chi connectivity index (χ1) is 11.0. The van der Waals surface area contributed by atoms with Crippen LogP contribution in [0.25, 0.3) is 5.65 Å². The van der Waals surface area contributed by atoms with E-state index in [1.165, 1.54) is 0 Å². The second-order valence-electron chi connectivity index (χ2n) is 5.80. The van der Waals surface area contributed by atoms with E-state index in [-0.39, 0.29) is 11.6 Å². The van der Waals surface area contributed by atoms with Crippen LogP contribution >= 0.6 is 11.6 Å². The van der Waals surface area contributed by atoms with Crippen LogP contribution in [0.3, 0.4) is 0 Å². The largest absolute Gasteiger partial charge is 0.335 e. The third-order valence-electron chi connectivity index (χ3n) is 3.92. The van der Waals surface area contributed by atoms with Crippen LogP contribution in [0.4, 0.5) is 0 Å². The molecule has 0 unspecified atom stereocenters. The molecule has 0 fully saturated rings. The zero-order chi connectivity index (χ0) is 16.4. The zero-order valence-electron chi connectivity index (χ0n) is 13.2. The molecule has 4 nitrogen and oxygen atoms in total. The van der Waals surface area contributed by atoms with Gasteiger partial charge in [0.15, 0.2) is 0 Å². The first kappa shape index (κ1) is 15.7. The lowest BCUT2D eigenvalue weighted by Gasteiger charge is -2.11. The molecule has 0 radical (unpaired) electrons. The summed E-state index contributed by atoms with van der Waals surface area (Å²) >= 11 is 6.03. The Labute approximate surface area is 139 Å². The minimum absolute atomic E-state index is 0.0440. The molecule has 0 saturated heterocycles. The van der Waals surface area contributed by atoms with Crippen molar-refractivity contribution in [2.75, 3.05) is 0 Å². The molecule has 0 spiro atoms. The third-order valence-corrected chi connectivity index (χ3v) is 4.15. The van der Waals surface area contributed by atoms with Gasteiger partial charge < -0.3 is 5.32 Å². The fraction of sp³-hybridized carbons (Fsp3) is 0.222. The molecule has 23 heavy (non-hydrogen) atoms. The Morgan fingerprint density at radius 1 is 1.26 bits per heavy atom. The molecule has 2 aromatic heterocycles. The summed E-state index contributed by atoms with van der Waals surface area (Å²) in [6.45, 7) is 4.72. The molecule has 0 saturated carbocycles. The Hall–Kier alpha value is -2.17. The smallest absolute Gasteiger partial charge is 0.258 e. The average Bonchev–Trinajstić information content (AvgIpc) is 2.53. The van der Waals surface area contributed by atoms with E-state index >= 15 is 0 Å². The van der Waals surface area contributed by atoms with Crippen LogP contribution in [0.15, 0.2) is 53.5 Å². The molecule has 1 aromatic carbocycles. The van der Waals surface area contributed by atoms with Gasteiger partial charge in [-0.1, -0.05) is 29.8 Å². The molecule has 2 N–H and O–H groups in total. The van der Waals surface area contributed by atoms with Crippen molar-refractivity contribution in [3.8, 4) is 0 Å². The summed E-state index contributed by atoms with van der Waals surface area (Å²) in [5, 5.41) is 2.89. The zero-order valence-corrected chi connectivity index (χ0v) is 13.9. The number of halogens is 1. The molecular weight excluding hydrogens is 310 g/mol. The van der Waals surface area contributed by atoms with Crippen molar-refractivity contribution in [1.82, 2.24) is 9.38 Å². The number of nitrogens with two attached hydrogens (primary N) is 1. The maximum Gasteiger partial charge on any atom is 0.258 e. The first-order valence-corrected chi connectivity index (χ1v) is 7.98. The molecule has 0 amide bonds. The number of hydrogen-bond acceptors (Lipinski definition) is 2. The van der Waals surface area contributed by atoms with Crippen LogP contribution in [-0.2, 0) is 6.54 Å². The monoisotopic (exact) mass is 328 g/mol. The number of aryl methyl sites for hydroxylation is 1. The van der Waals surface area contributed by atoms with Crippen molar-refractivity contribution in [3.05, 3.63) is 80.9 Å². The number of pyridine rings is 1. The fourth-order valence-electron chi connectivity index (χ4n) is 2.59. The number of aromatic nitrogens is 2. The molecule has 3 rings (SSSR count). The van der Waals surface area contributed by atoms with E-state index in [0.29, 0.717) is 12.2 Å². The van der Waals surface area contributed by atoms with Crippen molar-refractivity contribution < 1.29 is 5.32 Å². The summed E-state index contributed by atoms with van der Waals surface area (Å²) in [5.74, 6) is 0. The van der Waals surface area contributed by atoms with Gasteiger partial charge in [-0.25, -0.2) is 4.98 Å². The van der Waals surface area contributed by atoms with Crippen molar-refractivity contribution in [2.24, 2.45) is 0 Å². The quantitative estimate of drug-likeness (QED) is 0.800. The van der Waals surface area contributed by atoms with Gasteiger partial charge in [0, 0.05) is 22.8 Å². The molecule has 3 aromatic rings. The molecule has 5 heteroatoms. The predicted molar refractivity (Wildman–Crippen MR) is 91.7 cm³/mol. The van der Waals surface area contributed by atoms with E-state index in [0.717, 1.165) is 21.8 Å². The van der Waals surface area contributed by atoms with Gasteiger partial charge in [-0.3, -0.25) is 9.20 Å². The maximum atomic E-state index is 12.2. The van der Waals surface area contributed by atoms with Gasteiger partial charge in [-0.05, 0) is 37.6 Å². The number of nitrogens with zero attached hydrogens (tertiary/aromatic N) is 2. The van der Waals surface area contributed by atoms with Gasteiger partial charge in [-0.2, -0.15) is 0 Å². The van der Waals surface area contributed by atoms with Crippen LogP contribution < -0.4 is 10.9 Å². The van der Waals surface area contributed by atoms with Crippen molar-refractivity contribution in [1.29, 1.82) is 0 Å². The highest BCUT2D eigenvalue weighted by atomic mass is 35.5. The van der Waals surface area contributed by atoms with Gasteiger partial charge in [0.05, 0.1) is 0 Å². The summed E-state index contributed by atoms with van der Waals surface area (Å²) < 4.78 is 1.58. The molecule has 0 aliphatic carbocycles. The fourth-order valence-corrected chi connectivity index (χ4v) is 2.78. The molecule has 0 bridgehead atoms. The number of rotatable bonds is 4. The van der Waals surface area contributed by atoms with Gasteiger partial charge in [0.1, 0.15) is 23.9 Å². The second-order valence-corrected chi connectivity index (χ2v) is 6.24. The lowest BCUT2D eigenvalue weighted by Crippen LogP contribution is -2.83. The van der Waals surface area contributed by atoms with E-state index in [1.807, 2.05) is 43.5 Å². The van der Waals surface area contributed by atoms with E-state index in [4.69, 9.17) is 11.6 Å².